The first-order valence-corrected chi connectivity index (χ1v) is 4.26. The summed E-state index contributed by atoms with van der Waals surface area (Å²) in [6.45, 7) is 1.74. The van der Waals surface area contributed by atoms with Gasteiger partial charge in [0.25, 0.3) is 0 Å². The number of hydrogen-bond donors (Lipinski definition) is 1. The van der Waals surface area contributed by atoms with Crippen molar-refractivity contribution in [2.45, 2.75) is 19.1 Å². The van der Waals surface area contributed by atoms with Gasteiger partial charge in [0.05, 0.1) is 5.56 Å². The monoisotopic (exact) mass is 201 g/mol. The molecule has 0 heterocycles. The molecule has 0 aliphatic carbocycles. The Hall–Kier alpha value is -1.00. The van der Waals surface area contributed by atoms with Crippen molar-refractivity contribution >= 4 is 0 Å². The van der Waals surface area contributed by atoms with Crippen molar-refractivity contribution in [3.63, 3.8) is 0 Å². The number of rotatable bonds is 3. The Morgan fingerprint density at radius 2 is 2.07 bits per heavy atom. The van der Waals surface area contributed by atoms with Crippen LogP contribution in [0.25, 0.3) is 0 Å². The highest BCUT2D eigenvalue weighted by Gasteiger charge is 2.31. The van der Waals surface area contributed by atoms with E-state index in [0.29, 0.717) is 5.56 Å². The zero-order chi connectivity index (χ0) is 10.8. The van der Waals surface area contributed by atoms with E-state index in [1.54, 1.807) is 19.1 Å². The van der Waals surface area contributed by atoms with Gasteiger partial charge >= 0.3 is 6.11 Å². The molecule has 1 atom stereocenters. The van der Waals surface area contributed by atoms with E-state index in [2.05, 4.69) is 4.74 Å². The van der Waals surface area contributed by atoms with Crippen molar-refractivity contribution in [2.24, 2.45) is 5.73 Å². The Morgan fingerprint density at radius 1 is 1.43 bits per heavy atom. The molecular formula is C10H13F2NO. The van der Waals surface area contributed by atoms with Gasteiger partial charge in [-0.15, -0.1) is 0 Å². The van der Waals surface area contributed by atoms with Crippen molar-refractivity contribution in [1.82, 2.24) is 0 Å². The predicted octanol–water partition coefficient (Wildman–Crippen LogP) is 2.40. The third-order valence-electron chi connectivity index (χ3n) is 2.00. The lowest BCUT2D eigenvalue weighted by atomic mass is 10.1. The van der Waals surface area contributed by atoms with Crippen LogP contribution in [0.3, 0.4) is 0 Å². The Bertz CT molecular complexity index is 313. The maximum absolute atomic E-state index is 13.1. The van der Waals surface area contributed by atoms with E-state index in [1.807, 2.05) is 0 Å². The normalized spacial score (nSPS) is 14.1. The first-order valence-electron chi connectivity index (χ1n) is 4.26. The number of alkyl halides is 2. The molecule has 0 amide bonds. The molecule has 4 heteroatoms. The van der Waals surface area contributed by atoms with E-state index in [1.165, 1.54) is 12.1 Å². The number of hydrogen-bond acceptors (Lipinski definition) is 2. The maximum atomic E-state index is 13.1. The van der Waals surface area contributed by atoms with Gasteiger partial charge in [-0.2, -0.15) is 8.78 Å². The summed E-state index contributed by atoms with van der Waals surface area (Å²) in [5.74, 6) is 0. The molecule has 0 saturated carbocycles. The zero-order valence-corrected chi connectivity index (χ0v) is 8.13. The minimum absolute atomic E-state index is 0.171. The Labute approximate surface area is 81.7 Å². The number of halogens is 2. The average molecular weight is 201 g/mol. The zero-order valence-electron chi connectivity index (χ0n) is 8.13. The van der Waals surface area contributed by atoms with Crippen LogP contribution in [0.15, 0.2) is 24.3 Å². The molecule has 0 aromatic heterocycles. The van der Waals surface area contributed by atoms with Gasteiger partial charge in [-0.25, -0.2) is 0 Å². The molecule has 14 heavy (non-hydrogen) atoms. The molecule has 2 N–H and O–H groups in total. The lowest BCUT2D eigenvalue weighted by Gasteiger charge is -2.15. The van der Waals surface area contributed by atoms with Gasteiger partial charge in [0.15, 0.2) is 0 Å². The summed E-state index contributed by atoms with van der Waals surface area (Å²) in [5, 5.41) is 0. The summed E-state index contributed by atoms with van der Waals surface area (Å²) in [7, 11) is 0.971. The molecule has 2 nitrogen and oxygen atoms in total. The van der Waals surface area contributed by atoms with Gasteiger partial charge in [0, 0.05) is 13.2 Å². The van der Waals surface area contributed by atoms with Crippen LogP contribution in [0, 0.1) is 0 Å². The number of benzene rings is 1. The minimum Gasteiger partial charge on any atom is -0.324 e. The van der Waals surface area contributed by atoms with Gasteiger partial charge in [0.2, 0.25) is 0 Å². The quantitative estimate of drug-likeness (QED) is 0.815. The third kappa shape index (κ3) is 2.27. The standard InChI is InChI=1S/C10H13F2NO/c1-7(13)8-4-3-5-9(6-8)10(11,12)14-2/h3-7H,13H2,1-2H3/t7-/m1/s1. The molecule has 1 rings (SSSR count). The van der Waals surface area contributed by atoms with Gasteiger partial charge in [-0.1, -0.05) is 18.2 Å². The average Bonchev–Trinajstić information content (AvgIpc) is 2.18. The van der Waals surface area contributed by atoms with Crippen LogP contribution >= 0.6 is 0 Å². The van der Waals surface area contributed by atoms with Crippen LogP contribution in [0.2, 0.25) is 0 Å². The highest BCUT2D eigenvalue weighted by Crippen LogP contribution is 2.29. The summed E-state index contributed by atoms with van der Waals surface area (Å²) in [6.07, 6.45) is -3.25. The molecular weight excluding hydrogens is 188 g/mol. The Balaban J connectivity index is 3.05. The molecule has 0 radical (unpaired) electrons. The van der Waals surface area contributed by atoms with Crippen molar-refractivity contribution in [3.05, 3.63) is 35.4 Å². The SMILES string of the molecule is COC(F)(F)c1cccc([C@@H](C)N)c1. The largest absolute Gasteiger partial charge is 0.383 e. The second-order valence-corrected chi connectivity index (χ2v) is 3.14. The first kappa shape index (κ1) is 11.1. The first-order chi connectivity index (χ1) is 6.47. The molecule has 1 aromatic carbocycles. The smallest absolute Gasteiger partial charge is 0.324 e. The lowest BCUT2D eigenvalue weighted by Crippen LogP contribution is -2.16. The van der Waals surface area contributed by atoms with Crippen molar-refractivity contribution in [3.8, 4) is 0 Å². The summed E-state index contributed by atoms with van der Waals surface area (Å²) in [6, 6.07) is 5.66. The van der Waals surface area contributed by atoms with Gasteiger partial charge < -0.3 is 10.5 Å². The van der Waals surface area contributed by atoms with Crippen LogP contribution in [-0.2, 0) is 10.8 Å². The molecule has 0 unspecified atom stereocenters. The van der Waals surface area contributed by atoms with Crippen LogP contribution in [0.5, 0.6) is 0 Å². The fourth-order valence-electron chi connectivity index (χ4n) is 1.12. The van der Waals surface area contributed by atoms with Crippen molar-refractivity contribution < 1.29 is 13.5 Å². The molecule has 0 bridgehead atoms. The third-order valence-corrected chi connectivity index (χ3v) is 2.00. The highest BCUT2D eigenvalue weighted by atomic mass is 19.3. The molecule has 0 fully saturated rings. The molecule has 0 saturated heterocycles. The van der Waals surface area contributed by atoms with Gasteiger partial charge in [-0.05, 0) is 18.6 Å². The highest BCUT2D eigenvalue weighted by molar-refractivity contribution is 5.27. The summed E-state index contributed by atoms with van der Waals surface area (Å²) >= 11 is 0. The summed E-state index contributed by atoms with van der Waals surface area (Å²) in [5.41, 5.74) is 6.08. The summed E-state index contributed by atoms with van der Waals surface area (Å²) in [4.78, 5) is 0. The van der Waals surface area contributed by atoms with Crippen molar-refractivity contribution in [1.29, 1.82) is 0 Å². The Kier molecular flexibility index (Phi) is 3.18. The molecule has 0 spiro atoms. The molecule has 1 aromatic rings. The van der Waals surface area contributed by atoms with E-state index < -0.39 is 6.11 Å². The van der Waals surface area contributed by atoms with Crippen LogP contribution in [0.4, 0.5) is 8.78 Å². The summed E-state index contributed by atoms with van der Waals surface area (Å²) < 4.78 is 30.2. The number of ether oxygens (including phenoxy) is 1. The topological polar surface area (TPSA) is 35.2 Å². The maximum Gasteiger partial charge on any atom is 0.383 e. The second kappa shape index (κ2) is 4.02. The molecule has 78 valence electrons. The van der Waals surface area contributed by atoms with Crippen LogP contribution < -0.4 is 5.73 Å². The molecule has 0 aliphatic rings. The van der Waals surface area contributed by atoms with E-state index in [-0.39, 0.29) is 11.6 Å². The lowest BCUT2D eigenvalue weighted by molar-refractivity contribution is -0.231. The van der Waals surface area contributed by atoms with Crippen molar-refractivity contribution in [2.75, 3.05) is 7.11 Å². The minimum atomic E-state index is -3.25. The Morgan fingerprint density at radius 3 is 2.57 bits per heavy atom. The number of nitrogens with two attached hydrogens (primary N) is 1. The fourth-order valence-corrected chi connectivity index (χ4v) is 1.12. The van der Waals surface area contributed by atoms with E-state index in [9.17, 15) is 8.78 Å². The molecule has 0 aliphatic heterocycles. The second-order valence-electron chi connectivity index (χ2n) is 3.14. The van der Waals surface area contributed by atoms with Crippen LogP contribution in [-0.4, -0.2) is 7.11 Å². The van der Waals surface area contributed by atoms with Gasteiger partial charge in [0.1, 0.15) is 0 Å². The van der Waals surface area contributed by atoms with Gasteiger partial charge in [-0.3, -0.25) is 0 Å². The number of methoxy groups -OCH3 is 1. The predicted molar refractivity (Wildman–Crippen MR) is 49.9 cm³/mol. The van der Waals surface area contributed by atoms with E-state index >= 15 is 0 Å². The van der Waals surface area contributed by atoms with Crippen LogP contribution in [0.1, 0.15) is 24.1 Å². The van der Waals surface area contributed by atoms with E-state index in [4.69, 9.17) is 5.73 Å². The van der Waals surface area contributed by atoms with E-state index in [0.717, 1.165) is 7.11 Å². The fraction of sp³-hybridized carbons (Fsp3) is 0.400.